The topological polar surface area (TPSA) is 87.6 Å². The number of thioether (sulfide) groups is 1. The summed E-state index contributed by atoms with van der Waals surface area (Å²) < 4.78 is 4.58. The molecule has 0 unspecified atom stereocenters. The first-order chi connectivity index (χ1) is 11.5. The van der Waals surface area contributed by atoms with Gasteiger partial charge in [-0.15, -0.1) is 5.10 Å². The predicted molar refractivity (Wildman–Crippen MR) is 93.0 cm³/mol. The highest BCUT2D eigenvalue weighted by Gasteiger charge is 2.18. The summed E-state index contributed by atoms with van der Waals surface area (Å²) in [5, 5.41) is 5.41. The molecular weight excluding hydrogens is 328 g/mol. The van der Waals surface area contributed by atoms with Crippen LogP contribution in [-0.2, 0) is 6.54 Å². The lowest BCUT2D eigenvalue weighted by atomic mass is 10.4. The summed E-state index contributed by atoms with van der Waals surface area (Å²) in [5.74, 6) is 0.475. The lowest BCUT2D eigenvalue weighted by Gasteiger charge is -2.13. The van der Waals surface area contributed by atoms with Crippen LogP contribution in [0, 0.1) is 0 Å². The van der Waals surface area contributed by atoms with Gasteiger partial charge in [0.25, 0.3) is 11.1 Å². The first kappa shape index (κ1) is 16.4. The lowest BCUT2D eigenvalue weighted by Crippen LogP contribution is -2.27. The molecule has 3 rings (SSSR count). The van der Waals surface area contributed by atoms with Crippen LogP contribution >= 0.6 is 11.8 Å². The van der Waals surface area contributed by atoms with E-state index in [4.69, 9.17) is 0 Å². The summed E-state index contributed by atoms with van der Waals surface area (Å²) in [6, 6.07) is 2.97. The van der Waals surface area contributed by atoms with E-state index in [2.05, 4.69) is 15.1 Å². The van der Waals surface area contributed by atoms with Gasteiger partial charge in [-0.25, -0.2) is 24.0 Å². The van der Waals surface area contributed by atoms with Crippen molar-refractivity contribution in [2.24, 2.45) is 0 Å². The van der Waals surface area contributed by atoms with Gasteiger partial charge in [-0.1, -0.05) is 11.8 Å². The van der Waals surface area contributed by atoms with E-state index in [9.17, 15) is 9.59 Å². The van der Waals surface area contributed by atoms with Gasteiger partial charge in [0.1, 0.15) is 5.39 Å². The molecule has 0 amide bonds. The molecule has 0 spiro atoms. The van der Waals surface area contributed by atoms with Crippen LogP contribution in [0.3, 0.4) is 0 Å². The van der Waals surface area contributed by atoms with Gasteiger partial charge in [0.2, 0.25) is 0 Å². The number of rotatable bonds is 4. The third kappa shape index (κ3) is 2.54. The van der Waals surface area contributed by atoms with Crippen LogP contribution in [0.1, 0.15) is 26.8 Å². The fourth-order valence-electron chi connectivity index (χ4n) is 2.53. The van der Waals surface area contributed by atoms with E-state index in [0.717, 1.165) is 0 Å². The predicted octanol–water partition coefficient (Wildman–Crippen LogP) is 1.46. The summed E-state index contributed by atoms with van der Waals surface area (Å²) in [6.07, 6.45) is 3.41. The van der Waals surface area contributed by atoms with Crippen LogP contribution in [-0.4, -0.2) is 35.4 Å². The molecule has 9 heteroatoms. The third-order valence-corrected chi connectivity index (χ3v) is 4.21. The maximum atomic E-state index is 12.6. The highest BCUT2D eigenvalue weighted by molar-refractivity contribution is 7.98. The quantitative estimate of drug-likeness (QED) is 0.525. The Morgan fingerprint density at radius 3 is 2.62 bits per heavy atom. The molecule has 0 saturated heterocycles. The summed E-state index contributed by atoms with van der Waals surface area (Å²) in [5.41, 5.74) is 0.127. The van der Waals surface area contributed by atoms with E-state index in [1.54, 1.807) is 15.4 Å². The van der Waals surface area contributed by atoms with Gasteiger partial charge in [-0.3, -0.25) is 9.59 Å². The van der Waals surface area contributed by atoms with Crippen molar-refractivity contribution in [3.05, 3.63) is 39.0 Å². The van der Waals surface area contributed by atoms with Crippen LogP contribution in [0.4, 0.5) is 0 Å². The van der Waals surface area contributed by atoms with Crippen molar-refractivity contribution in [1.82, 2.24) is 29.1 Å². The van der Waals surface area contributed by atoms with Gasteiger partial charge in [0.05, 0.1) is 6.04 Å². The zero-order valence-electron chi connectivity index (χ0n) is 13.9. The zero-order chi connectivity index (χ0) is 17.4. The van der Waals surface area contributed by atoms with Gasteiger partial charge in [-0.05, 0) is 33.1 Å². The van der Waals surface area contributed by atoms with Crippen molar-refractivity contribution in [2.75, 3.05) is 6.26 Å². The van der Waals surface area contributed by atoms with Crippen molar-refractivity contribution in [3.63, 3.8) is 0 Å². The highest BCUT2D eigenvalue weighted by Crippen LogP contribution is 2.16. The van der Waals surface area contributed by atoms with Crippen LogP contribution in [0.2, 0.25) is 0 Å². The average Bonchev–Trinajstić information content (AvgIpc) is 2.86. The van der Waals surface area contributed by atoms with Gasteiger partial charge < -0.3 is 0 Å². The normalized spacial score (nSPS) is 11.5. The molecule has 126 valence electrons. The molecule has 0 aliphatic rings. The largest absolute Gasteiger partial charge is 0.278 e. The van der Waals surface area contributed by atoms with Crippen molar-refractivity contribution in [1.29, 1.82) is 0 Å². The SMILES string of the molecule is CCn1c(=O)c2cnc(SC)nc2n1-c1ccc(=O)n(C(C)C)n1. The molecule has 8 nitrogen and oxygen atoms in total. The smallest absolute Gasteiger partial charge is 0.268 e. The second-order valence-corrected chi connectivity index (χ2v) is 6.27. The zero-order valence-corrected chi connectivity index (χ0v) is 14.7. The number of nitrogens with zero attached hydrogens (tertiary/aromatic N) is 6. The Labute approximate surface area is 142 Å². The molecule has 0 aromatic carbocycles. The first-order valence-electron chi connectivity index (χ1n) is 7.60. The standard InChI is InChI=1S/C15H18N6O2S/c1-5-19-14(23)10-8-16-15(24-4)17-13(10)21(19)11-6-7-12(22)20(18-11)9(2)3/h6-9H,5H2,1-4H3. The molecule has 0 N–H and O–H groups in total. The summed E-state index contributed by atoms with van der Waals surface area (Å²) in [6.45, 7) is 6.09. The molecule has 24 heavy (non-hydrogen) atoms. The lowest BCUT2D eigenvalue weighted by molar-refractivity contribution is 0.483. The minimum absolute atomic E-state index is 0.0857. The van der Waals surface area contributed by atoms with E-state index in [-0.39, 0.29) is 17.2 Å². The van der Waals surface area contributed by atoms with Crippen molar-refractivity contribution < 1.29 is 0 Å². The molecule has 0 radical (unpaired) electrons. The Morgan fingerprint density at radius 2 is 2.00 bits per heavy atom. The second kappa shape index (κ2) is 6.23. The molecule has 0 bridgehead atoms. The maximum absolute atomic E-state index is 12.6. The molecular formula is C15H18N6O2S. The molecule has 0 aliphatic heterocycles. The molecule has 0 saturated carbocycles. The third-order valence-electron chi connectivity index (χ3n) is 3.65. The fraction of sp³-hybridized carbons (Fsp3) is 0.400. The molecule has 3 heterocycles. The van der Waals surface area contributed by atoms with Crippen molar-refractivity contribution in [2.45, 2.75) is 38.5 Å². The second-order valence-electron chi connectivity index (χ2n) is 5.49. The van der Waals surface area contributed by atoms with Crippen LogP contribution in [0.25, 0.3) is 16.9 Å². The Balaban J connectivity index is 2.38. The number of hydrogen-bond acceptors (Lipinski definition) is 6. The minimum atomic E-state index is -0.185. The van der Waals surface area contributed by atoms with E-state index in [1.165, 1.54) is 28.7 Å². The van der Waals surface area contributed by atoms with Crippen molar-refractivity contribution in [3.8, 4) is 5.82 Å². The molecule has 0 fully saturated rings. The van der Waals surface area contributed by atoms with Crippen LogP contribution in [0.5, 0.6) is 0 Å². The Hall–Kier alpha value is -2.42. The van der Waals surface area contributed by atoms with Gasteiger partial charge >= 0.3 is 0 Å². The Bertz CT molecular complexity index is 1020. The number of fused-ring (bicyclic) bond motifs is 1. The monoisotopic (exact) mass is 346 g/mol. The molecule has 0 aliphatic carbocycles. The van der Waals surface area contributed by atoms with Crippen LogP contribution in [0.15, 0.2) is 33.1 Å². The van der Waals surface area contributed by atoms with E-state index in [1.807, 2.05) is 27.0 Å². The average molecular weight is 346 g/mol. The van der Waals surface area contributed by atoms with Crippen molar-refractivity contribution >= 4 is 22.8 Å². The van der Waals surface area contributed by atoms with E-state index >= 15 is 0 Å². The Morgan fingerprint density at radius 1 is 1.25 bits per heavy atom. The van der Waals surface area contributed by atoms with E-state index in [0.29, 0.717) is 28.6 Å². The number of hydrogen-bond donors (Lipinski definition) is 0. The fourth-order valence-corrected chi connectivity index (χ4v) is 2.86. The number of aromatic nitrogens is 6. The van der Waals surface area contributed by atoms with Crippen LogP contribution < -0.4 is 11.1 Å². The van der Waals surface area contributed by atoms with Gasteiger partial charge in [0.15, 0.2) is 16.6 Å². The van der Waals surface area contributed by atoms with Gasteiger partial charge in [0, 0.05) is 18.8 Å². The minimum Gasteiger partial charge on any atom is -0.268 e. The maximum Gasteiger partial charge on any atom is 0.278 e. The molecule has 3 aromatic rings. The summed E-state index contributed by atoms with van der Waals surface area (Å²) in [4.78, 5) is 33.2. The molecule has 0 atom stereocenters. The summed E-state index contributed by atoms with van der Waals surface area (Å²) >= 11 is 1.40. The van der Waals surface area contributed by atoms with Gasteiger partial charge in [-0.2, -0.15) is 0 Å². The first-order valence-corrected chi connectivity index (χ1v) is 8.83. The molecule has 3 aromatic heterocycles. The highest BCUT2D eigenvalue weighted by atomic mass is 32.2. The Kier molecular flexibility index (Phi) is 4.27. The van der Waals surface area contributed by atoms with E-state index < -0.39 is 0 Å². The summed E-state index contributed by atoms with van der Waals surface area (Å²) in [7, 11) is 0.